The molecule has 3 aromatic rings. The van der Waals surface area contributed by atoms with Gasteiger partial charge >= 0.3 is 0 Å². The van der Waals surface area contributed by atoms with Gasteiger partial charge in [-0.3, -0.25) is 9.79 Å². The lowest BCUT2D eigenvalue weighted by Gasteiger charge is -2.13. The number of carbonyl (C=O) groups excluding carboxylic acids is 1. The summed E-state index contributed by atoms with van der Waals surface area (Å²) in [6.45, 7) is 1.50. The number of nitrogens with one attached hydrogen (secondary N) is 2. The number of aliphatic imine (C=N–C) groups is 1. The van der Waals surface area contributed by atoms with Gasteiger partial charge in [0, 0.05) is 39.8 Å². The predicted molar refractivity (Wildman–Crippen MR) is 129 cm³/mol. The summed E-state index contributed by atoms with van der Waals surface area (Å²) in [7, 11) is 5.19. The van der Waals surface area contributed by atoms with Gasteiger partial charge in [-0.15, -0.1) is 0 Å². The Labute approximate surface area is 194 Å². The molecule has 0 aliphatic heterocycles. The number of carbonyl (C=O) groups is 1. The van der Waals surface area contributed by atoms with Gasteiger partial charge in [0.2, 0.25) is 0 Å². The SMILES string of the molecule is CN=C(NCc1ccc(OCc2cccc(F)c2)cc1)NCc1ccc(C(=O)N(C)C)cc1. The molecule has 6 nitrogen and oxygen atoms in total. The van der Waals surface area contributed by atoms with E-state index in [2.05, 4.69) is 15.6 Å². The van der Waals surface area contributed by atoms with Crippen LogP contribution in [0.2, 0.25) is 0 Å². The third-order valence-electron chi connectivity index (χ3n) is 4.97. The van der Waals surface area contributed by atoms with E-state index in [4.69, 9.17) is 4.74 Å². The molecular formula is C26H29FN4O2. The largest absolute Gasteiger partial charge is 0.489 e. The maximum atomic E-state index is 13.3. The minimum Gasteiger partial charge on any atom is -0.489 e. The Morgan fingerprint density at radius 2 is 1.52 bits per heavy atom. The molecule has 0 spiro atoms. The number of hydrogen-bond donors (Lipinski definition) is 2. The summed E-state index contributed by atoms with van der Waals surface area (Å²) in [5, 5.41) is 6.55. The maximum Gasteiger partial charge on any atom is 0.253 e. The zero-order valence-electron chi connectivity index (χ0n) is 19.1. The van der Waals surface area contributed by atoms with E-state index in [1.165, 1.54) is 12.1 Å². The van der Waals surface area contributed by atoms with Crippen molar-refractivity contribution >= 4 is 11.9 Å². The number of nitrogens with zero attached hydrogens (tertiary/aromatic N) is 2. The van der Waals surface area contributed by atoms with E-state index in [9.17, 15) is 9.18 Å². The van der Waals surface area contributed by atoms with Gasteiger partial charge in [0.05, 0.1) is 0 Å². The molecule has 0 aromatic heterocycles. The average molecular weight is 449 g/mol. The Kier molecular flexibility index (Phi) is 8.41. The zero-order chi connectivity index (χ0) is 23.6. The van der Waals surface area contributed by atoms with Crippen molar-refractivity contribution in [3.63, 3.8) is 0 Å². The van der Waals surface area contributed by atoms with Gasteiger partial charge < -0.3 is 20.3 Å². The standard InChI is InChI=1S/C26H29FN4O2/c1-28-26(29-16-19-7-11-22(12-8-19)25(32)31(2)3)30-17-20-9-13-24(14-10-20)33-18-21-5-4-6-23(27)15-21/h4-15H,16-18H2,1-3H3,(H2,28,29,30). The van der Waals surface area contributed by atoms with Gasteiger partial charge in [0.15, 0.2) is 5.96 Å². The lowest BCUT2D eigenvalue weighted by Crippen LogP contribution is -2.36. The predicted octanol–water partition coefficient (Wildman–Crippen LogP) is 3.97. The zero-order valence-corrected chi connectivity index (χ0v) is 19.1. The van der Waals surface area contributed by atoms with E-state index >= 15 is 0 Å². The Hall–Kier alpha value is -3.87. The highest BCUT2D eigenvalue weighted by molar-refractivity contribution is 5.93. The van der Waals surface area contributed by atoms with Gasteiger partial charge in [-0.1, -0.05) is 36.4 Å². The third kappa shape index (κ3) is 7.35. The molecule has 0 aliphatic carbocycles. The van der Waals surface area contributed by atoms with Crippen LogP contribution in [0.1, 0.15) is 27.0 Å². The molecule has 0 unspecified atom stereocenters. The third-order valence-corrected chi connectivity index (χ3v) is 4.97. The van der Waals surface area contributed by atoms with E-state index in [1.54, 1.807) is 32.1 Å². The van der Waals surface area contributed by atoms with Gasteiger partial charge in [0.25, 0.3) is 5.91 Å². The molecule has 0 fully saturated rings. The lowest BCUT2D eigenvalue weighted by atomic mass is 10.1. The van der Waals surface area contributed by atoms with Crippen molar-refractivity contribution < 1.29 is 13.9 Å². The first kappa shape index (κ1) is 23.8. The van der Waals surface area contributed by atoms with E-state index in [-0.39, 0.29) is 11.7 Å². The van der Waals surface area contributed by atoms with Crippen LogP contribution in [0, 0.1) is 5.82 Å². The maximum absolute atomic E-state index is 13.3. The monoisotopic (exact) mass is 448 g/mol. The summed E-state index contributed by atoms with van der Waals surface area (Å²) < 4.78 is 19.0. The van der Waals surface area contributed by atoms with Crippen LogP contribution >= 0.6 is 0 Å². The molecule has 0 heterocycles. The molecule has 3 aromatic carbocycles. The second-order valence-electron chi connectivity index (χ2n) is 7.74. The minimum absolute atomic E-state index is 0.0163. The lowest BCUT2D eigenvalue weighted by molar-refractivity contribution is 0.0827. The Balaban J connectivity index is 1.45. The van der Waals surface area contributed by atoms with E-state index in [0.717, 1.165) is 22.4 Å². The molecule has 0 saturated carbocycles. The summed E-state index contributed by atoms with van der Waals surface area (Å²) >= 11 is 0. The van der Waals surface area contributed by atoms with Gasteiger partial charge in [0.1, 0.15) is 18.2 Å². The minimum atomic E-state index is -0.268. The second-order valence-corrected chi connectivity index (χ2v) is 7.74. The van der Waals surface area contributed by atoms with Crippen molar-refractivity contribution in [2.45, 2.75) is 19.7 Å². The number of rotatable bonds is 8. The highest BCUT2D eigenvalue weighted by Crippen LogP contribution is 2.15. The van der Waals surface area contributed by atoms with Crippen LogP contribution in [0.4, 0.5) is 4.39 Å². The summed E-state index contributed by atoms with van der Waals surface area (Å²) in [5.74, 6) is 1.12. The summed E-state index contributed by atoms with van der Waals surface area (Å²) in [6, 6.07) is 21.6. The summed E-state index contributed by atoms with van der Waals surface area (Å²) in [4.78, 5) is 17.8. The molecule has 2 N–H and O–H groups in total. The van der Waals surface area contributed by atoms with Crippen molar-refractivity contribution in [3.05, 3.63) is 101 Å². The molecule has 0 bridgehead atoms. The van der Waals surface area contributed by atoms with Crippen LogP contribution in [-0.2, 0) is 19.7 Å². The number of amides is 1. The van der Waals surface area contributed by atoms with Crippen LogP contribution in [0.3, 0.4) is 0 Å². The highest BCUT2D eigenvalue weighted by Gasteiger charge is 2.07. The molecule has 0 saturated heterocycles. The second kappa shape index (κ2) is 11.7. The van der Waals surface area contributed by atoms with Gasteiger partial charge in [-0.2, -0.15) is 0 Å². The molecular weight excluding hydrogens is 419 g/mol. The number of halogens is 1. The summed E-state index contributed by atoms with van der Waals surface area (Å²) in [6.07, 6.45) is 0. The molecule has 1 amide bonds. The fourth-order valence-corrected chi connectivity index (χ4v) is 3.11. The first-order valence-electron chi connectivity index (χ1n) is 10.7. The first-order valence-corrected chi connectivity index (χ1v) is 10.7. The Morgan fingerprint density at radius 3 is 2.06 bits per heavy atom. The normalized spacial score (nSPS) is 11.1. The molecule has 3 rings (SSSR count). The van der Waals surface area contributed by atoms with Crippen molar-refractivity contribution in [2.75, 3.05) is 21.1 Å². The van der Waals surface area contributed by atoms with Gasteiger partial charge in [-0.25, -0.2) is 4.39 Å². The number of ether oxygens (including phenoxy) is 1. The Morgan fingerprint density at radius 1 is 0.909 bits per heavy atom. The van der Waals surface area contributed by atoms with Crippen molar-refractivity contribution in [3.8, 4) is 5.75 Å². The van der Waals surface area contributed by atoms with E-state index in [1.807, 2.05) is 54.6 Å². The topological polar surface area (TPSA) is 66.0 Å². The van der Waals surface area contributed by atoms with Crippen molar-refractivity contribution in [2.24, 2.45) is 4.99 Å². The molecule has 0 aliphatic rings. The molecule has 7 heteroatoms. The van der Waals surface area contributed by atoms with Crippen molar-refractivity contribution in [1.82, 2.24) is 15.5 Å². The van der Waals surface area contributed by atoms with Gasteiger partial charge in [-0.05, 0) is 53.1 Å². The first-order chi connectivity index (χ1) is 15.9. The molecule has 0 radical (unpaired) electrons. The van der Waals surface area contributed by atoms with E-state index < -0.39 is 0 Å². The smallest absolute Gasteiger partial charge is 0.253 e. The molecule has 33 heavy (non-hydrogen) atoms. The number of benzene rings is 3. The number of guanidine groups is 1. The van der Waals surface area contributed by atoms with E-state index in [0.29, 0.717) is 31.2 Å². The van der Waals surface area contributed by atoms with Crippen LogP contribution in [0.15, 0.2) is 77.8 Å². The van der Waals surface area contributed by atoms with Crippen LogP contribution in [-0.4, -0.2) is 37.9 Å². The average Bonchev–Trinajstić information content (AvgIpc) is 2.83. The van der Waals surface area contributed by atoms with Crippen LogP contribution in [0.25, 0.3) is 0 Å². The Bertz CT molecular complexity index is 1080. The summed E-state index contributed by atoms with van der Waals surface area (Å²) in [5.41, 5.74) is 3.57. The van der Waals surface area contributed by atoms with Crippen LogP contribution in [0.5, 0.6) is 5.75 Å². The number of hydrogen-bond acceptors (Lipinski definition) is 3. The van der Waals surface area contributed by atoms with Crippen LogP contribution < -0.4 is 15.4 Å². The molecule has 0 atom stereocenters. The fourth-order valence-electron chi connectivity index (χ4n) is 3.11. The fraction of sp³-hybridized carbons (Fsp3) is 0.231. The van der Waals surface area contributed by atoms with Crippen molar-refractivity contribution in [1.29, 1.82) is 0 Å². The highest BCUT2D eigenvalue weighted by atomic mass is 19.1. The quantitative estimate of drug-likeness (QED) is 0.404. The molecule has 172 valence electrons.